The maximum absolute atomic E-state index is 11.5. The minimum atomic E-state index is -0.852. The molecule has 2 unspecified atom stereocenters. The zero-order valence-corrected chi connectivity index (χ0v) is 17.8. The third-order valence-corrected chi connectivity index (χ3v) is 3.49. The molecule has 0 aliphatic rings. The van der Waals surface area contributed by atoms with Gasteiger partial charge in [-0.1, -0.05) is 13.2 Å². The Morgan fingerprint density at radius 3 is 1.84 bits per heavy atom. The highest BCUT2D eigenvalue weighted by Crippen LogP contribution is 2.07. The van der Waals surface area contributed by atoms with Crippen LogP contribution in [0.3, 0.4) is 0 Å². The first-order chi connectivity index (χ1) is 15.1. The predicted octanol–water partition coefficient (Wildman–Crippen LogP) is -0.750. The van der Waals surface area contributed by atoms with Crippen LogP contribution in [0.2, 0.25) is 0 Å². The highest BCUT2D eigenvalue weighted by Gasteiger charge is 2.25. The van der Waals surface area contributed by atoms with Crippen LogP contribution in [0.15, 0.2) is 25.3 Å². The molecule has 2 N–H and O–H groups in total. The molecule has 0 spiro atoms. The second-order valence-electron chi connectivity index (χ2n) is 5.78. The summed E-state index contributed by atoms with van der Waals surface area (Å²) in [5, 5.41) is 18.2. The number of rotatable bonds is 22. The number of hydrogen-bond acceptors (Lipinski definition) is 11. The van der Waals surface area contributed by atoms with Crippen molar-refractivity contribution in [2.75, 3.05) is 79.3 Å². The monoisotopic (exact) mass is 450 g/mol. The van der Waals surface area contributed by atoms with Crippen molar-refractivity contribution < 1.29 is 53.0 Å². The predicted molar refractivity (Wildman–Crippen MR) is 108 cm³/mol. The van der Waals surface area contributed by atoms with Gasteiger partial charge in [-0.3, -0.25) is 0 Å². The minimum absolute atomic E-state index is 0.0170. The molecule has 0 aromatic carbocycles. The van der Waals surface area contributed by atoms with Gasteiger partial charge < -0.3 is 43.4 Å². The minimum Gasteiger partial charge on any atom is -0.460 e. The molecule has 2 atom stereocenters. The van der Waals surface area contributed by atoms with Crippen LogP contribution < -0.4 is 0 Å². The van der Waals surface area contributed by atoms with Crippen molar-refractivity contribution in [2.24, 2.45) is 0 Å². The second kappa shape index (κ2) is 21.4. The van der Waals surface area contributed by atoms with E-state index in [-0.39, 0.29) is 59.5 Å². The summed E-state index contributed by atoms with van der Waals surface area (Å²) < 4.78 is 36.5. The molecular formula is C20H34O11. The van der Waals surface area contributed by atoms with Crippen LogP contribution in [-0.4, -0.2) is 114 Å². The van der Waals surface area contributed by atoms with E-state index in [4.69, 9.17) is 38.3 Å². The van der Waals surface area contributed by atoms with Crippen LogP contribution in [0.4, 0.5) is 0 Å². The van der Waals surface area contributed by atoms with Crippen molar-refractivity contribution in [2.45, 2.75) is 12.2 Å². The summed E-state index contributed by atoms with van der Waals surface area (Å²) in [7, 11) is 0. The van der Waals surface area contributed by atoms with E-state index in [0.717, 1.165) is 12.2 Å². The van der Waals surface area contributed by atoms with Crippen molar-refractivity contribution in [3.8, 4) is 0 Å². The standard InChI is InChI=1S/C20H34O11/c1-3-19(23)30-14-12-27-8-7-26-9-10-28-16-18(31-20(24)4-2)17(15-22)29-13-11-25-6-5-21/h3-4,17-18,21-22H,1-2,5-16H2. The fourth-order valence-corrected chi connectivity index (χ4v) is 2.02. The first kappa shape index (κ1) is 29.1. The quantitative estimate of drug-likeness (QED) is 0.122. The van der Waals surface area contributed by atoms with Crippen molar-refractivity contribution in [1.29, 1.82) is 0 Å². The molecule has 0 heterocycles. The maximum atomic E-state index is 11.5. The Labute approximate surface area is 182 Å². The van der Waals surface area contributed by atoms with E-state index in [0.29, 0.717) is 13.2 Å². The van der Waals surface area contributed by atoms with Gasteiger partial charge in [0.05, 0.1) is 72.7 Å². The lowest BCUT2D eigenvalue weighted by molar-refractivity contribution is -0.162. The summed E-state index contributed by atoms with van der Waals surface area (Å²) >= 11 is 0. The molecule has 180 valence electrons. The van der Waals surface area contributed by atoms with Gasteiger partial charge in [0, 0.05) is 12.2 Å². The number of ether oxygens (including phenoxy) is 7. The van der Waals surface area contributed by atoms with Crippen LogP contribution in [-0.2, 0) is 42.7 Å². The summed E-state index contributed by atoms with van der Waals surface area (Å²) in [4.78, 5) is 22.4. The van der Waals surface area contributed by atoms with Crippen molar-refractivity contribution in [1.82, 2.24) is 0 Å². The molecule has 0 saturated carbocycles. The van der Waals surface area contributed by atoms with Crippen LogP contribution in [0.1, 0.15) is 0 Å². The smallest absolute Gasteiger partial charge is 0.330 e. The average molecular weight is 450 g/mol. The Balaban J connectivity index is 4.00. The molecule has 11 heteroatoms. The van der Waals surface area contributed by atoms with E-state index >= 15 is 0 Å². The van der Waals surface area contributed by atoms with Crippen LogP contribution in [0, 0.1) is 0 Å². The fraction of sp³-hybridized carbons (Fsp3) is 0.700. The molecule has 0 radical (unpaired) electrons. The molecule has 0 amide bonds. The number of aliphatic hydroxyl groups excluding tert-OH is 2. The molecule has 0 aromatic heterocycles. The fourth-order valence-electron chi connectivity index (χ4n) is 2.02. The Bertz CT molecular complexity index is 484. The Kier molecular flexibility index (Phi) is 20.1. The van der Waals surface area contributed by atoms with Crippen LogP contribution >= 0.6 is 0 Å². The molecule has 0 bridgehead atoms. The van der Waals surface area contributed by atoms with Crippen molar-refractivity contribution in [3.63, 3.8) is 0 Å². The zero-order valence-electron chi connectivity index (χ0n) is 17.8. The van der Waals surface area contributed by atoms with E-state index in [1.165, 1.54) is 0 Å². The van der Waals surface area contributed by atoms with Crippen molar-refractivity contribution >= 4 is 11.9 Å². The summed E-state index contributed by atoms with van der Waals surface area (Å²) in [6, 6.07) is 0. The number of aliphatic hydroxyl groups is 2. The van der Waals surface area contributed by atoms with Crippen molar-refractivity contribution in [3.05, 3.63) is 25.3 Å². The number of carbonyl (C=O) groups excluding carboxylic acids is 2. The molecule has 0 aliphatic carbocycles. The molecule has 0 fully saturated rings. The van der Waals surface area contributed by atoms with Gasteiger partial charge in [0.1, 0.15) is 12.7 Å². The summed E-state index contributed by atoms with van der Waals surface area (Å²) in [6.07, 6.45) is 0.419. The largest absolute Gasteiger partial charge is 0.460 e. The SMILES string of the molecule is C=CC(=O)OCCOCCOCCOCC(OC(=O)C=C)C(CO)OCCOCCO. The first-order valence-electron chi connectivity index (χ1n) is 9.85. The molecule has 0 aliphatic heterocycles. The molecular weight excluding hydrogens is 416 g/mol. The van der Waals surface area contributed by atoms with E-state index < -0.39 is 30.8 Å². The Morgan fingerprint density at radius 1 is 0.710 bits per heavy atom. The summed E-state index contributed by atoms with van der Waals surface area (Å²) in [5.41, 5.74) is 0. The van der Waals surface area contributed by atoms with Crippen LogP contribution in [0.25, 0.3) is 0 Å². The van der Waals surface area contributed by atoms with Gasteiger partial charge in [0.15, 0.2) is 6.10 Å². The second-order valence-corrected chi connectivity index (χ2v) is 5.78. The Morgan fingerprint density at radius 2 is 1.26 bits per heavy atom. The molecule has 31 heavy (non-hydrogen) atoms. The third-order valence-electron chi connectivity index (χ3n) is 3.49. The highest BCUT2D eigenvalue weighted by atomic mass is 16.6. The van der Waals surface area contributed by atoms with E-state index in [1.807, 2.05) is 0 Å². The lowest BCUT2D eigenvalue weighted by Gasteiger charge is -2.25. The molecule has 0 saturated heterocycles. The number of esters is 2. The van der Waals surface area contributed by atoms with Gasteiger partial charge >= 0.3 is 11.9 Å². The topological polar surface area (TPSA) is 139 Å². The molecule has 11 nitrogen and oxygen atoms in total. The van der Waals surface area contributed by atoms with E-state index in [9.17, 15) is 14.7 Å². The van der Waals surface area contributed by atoms with Gasteiger partial charge in [0.25, 0.3) is 0 Å². The Hall–Kier alpha value is -1.86. The molecule has 0 aromatic rings. The third kappa shape index (κ3) is 17.5. The van der Waals surface area contributed by atoms with Gasteiger partial charge in [-0.25, -0.2) is 9.59 Å². The molecule has 0 rings (SSSR count). The van der Waals surface area contributed by atoms with Gasteiger partial charge in [0.2, 0.25) is 0 Å². The van der Waals surface area contributed by atoms with E-state index in [2.05, 4.69) is 13.2 Å². The van der Waals surface area contributed by atoms with E-state index in [1.54, 1.807) is 0 Å². The normalized spacial score (nSPS) is 12.7. The average Bonchev–Trinajstić information content (AvgIpc) is 2.78. The lowest BCUT2D eigenvalue weighted by Crippen LogP contribution is -2.40. The lowest BCUT2D eigenvalue weighted by atomic mass is 10.2. The number of carbonyl (C=O) groups is 2. The first-order valence-corrected chi connectivity index (χ1v) is 9.85. The van der Waals surface area contributed by atoms with Gasteiger partial charge in [-0.05, 0) is 0 Å². The summed E-state index contributed by atoms with van der Waals surface area (Å²) in [5.74, 6) is -1.17. The van der Waals surface area contributed by atoms with Gasteiger partial charge in [-0.15, -0.1) is 0 Å². The summed E-state index contributed by atoms with van der Waals surface area (Å²) in [6.45, 7) is 8.18. The zero-order chi connectivity index (χ0) is 23.2. The van der Waals surface area contributed by atoms with Gasteiger partial charge in [-0.2, -0.15) is 0 Å². The number of hydrogen-bond donors (Lipinski definition) is 2. The maximum Gasteiger partial charge on any atom is 0.330 e. The highest BCUT2D eigenvalue weighted by molar-refractivity contribution is 5.81. The van der Waals surface area contributed by atoms with Crippen LogP contribution in [0.5, 0.6) is 0 Å².